The lowest BCUT2D eigenvalue weighted by Gasteiger charge is -2.20. The Bertz CT molecular complexity index is 1210. The van der Waals surface area contributed by atoms with Crippen molar-refractivity contribution in [1.82, 2.24) is 0 Å². The second-order valence-corrected chi connectivity index (χ2v) is 7.27. The molecule has 28 heavy (non-hydrogen) atoms. The molecule has 0 aliphatic carbocycles. The van der Waals surface area contributed by atoms with Crippen molar-refractivity contribution in [2.45, 2.75) is 13.8 Å². The third-order valence-electron chi connectivity index (χ3n) is 4.52. The number of carbonyl (C=O) groups excluding carboxylic acids is 1. The number of nitrogens with zero attached hydrogens (tertiary/aromatic N) is 1. The van der Waals surface area contributed by atoms with Crippen molar-refractivity contribution in [3.05, 3.63) is 69.9 Å². The van der Waals surface area contributed by atoms with Crippen LogP contribution in [0.25, 0.3) is 21.1 Å². The van der Waals surface area contributed by atoms with Gasteiger partial charge in [-0.1, -0.05) is 12.1 Å². The van der Waals surface area contributed by atoms with Gasteiger partial charge in [0.05, 0.1) is 21.6 Å². The van der Waals surface area contributed by atoms with E-state index in [1.165, 1.54) is 11.3 Å². The average Bonchev–Trinajstić information content (AvgIpc) is 3.16. The van der Waals surface area contributed by atoms with Crippen LogP contribution in [0.1, 0.15) is 23.5 Å². The number of hydrogen-bond acceptors (Lipinski definition) is 5. The fraction of sp³-hybridized carbons (Fsp3) is 0.182. The van der Waals surface area contributed by atoms with E-state index >= 15 is 0 Å². The highest BCUT2D eigenvalue weighted by molar-refractivity contribution is 7.21. The maximum absolute atomic E-state index is 13.2. The van der Waals surface area contributed by atoms with Crippen molar-refractivity contribution >= 4 is 44.0 Å². The molecule has 0 aliphatic rings. The van der Waals surface area contributed by atoms with Gasteiger partial charge in [0.25, 0.3) is 5.91 Å². The molecule has 4 aromatic rings. The van der Waals surface area contributed by atoms with Gasteiger partial charge in [-0.2, -0.15) is 0 Å². The van der Waals surface area contributed by atoms with Crippen molar-refractivity contribution in [2.24, 2.45) is 0 Å². The third kappa shape index (κ3) is 3.16. The molecule has 2 heterocycles. The Morgan fingerprint density at radius 3 is 2.54 bits per heavy atom. The third-order valence-corrected chi connectivity index (χ3v) is 5.67. The summed E-state index contributed by atoms with van der Waals surface area (Å²) in [4.78, 5) is 27.7. The predicted octanol–water partition coefficient (Wildman–Crippen LogP) is 5.07. The summed E-state index contributed by atoms with van der Waals surface area (Å²) >= 11 is 1.32. The van der Waals surface area contributed by atoms with E-state index < -0.39 is 5.63 Å². The monoisotopic (exact) mass is 393 g/mol. The van der Waals surface area contributed by atoms with Gasteiger partial charge in [-0.25, -0.2) is 4.79 Å². The highest BCUT2D eigenvalue weighted by Gasteiger charge is 2.21. The van der Waals surface area contributed by atoms with E-state index in [2.05, 4.69) is 0 Å². The molecular weight excluding hydrogens is 374 g/mol. The number of amides is 1. The van der Waals surface area contributed by atoms with Crippen LogP contribution >= 0.6 is 11.3 Å². The van der Waals surface area contributed by atoms with Crippen LogP contribution in [0.3, 0.4) is 0 Å². The number of para-hydroxylation sites is 1. The second kappa shape index (κ2) is 7.48. The predicted molar refractivity (Wildman–Crippen MR) is 113 cm³/mol. The number of thiophene rings is 1. The Morgan fingerprint density at radius 1 is 1.07 bits per heavy atom. The summed E-state index contributed by atoms with van der Waals surface area (Å²) in [6.45, 7) is 4.95. The molecule has 1 amide bonds. The van der Waals surface area contributed by atoms with Gasteiger partial charge in [-0.15, -0.1) is 11.3 Å². The molecule has 4 rings (SSSR count). The minimum Gasteiger partial charge on any atom is -0.494 e. The van der Waals surface area contributed by atoms with Gasteiger partial charge in [0.15, 0.2) is 0 Å². The second-order valence-electron chi connectivity index (χ2n) is 6.22. The molecule has 0 aliphatic heterocycles. The topological polar surface area (TPSA) is 59.8 Å². The first-order valence-electron chi connectivity index (χ1n) is 9.12. The lowest BCUT2D eigenvalue weighted by molar-refractivity contribution is 0.0992. The largest absolute Gasteiger partial charge is 0.494 e. The smallest absolute Gasteiger partial charge is 0.345 e. The van der Waals surface area contributed by atoms with Gasteiger partial charge in [-0.3, -0.25) is 4.79 Å². The Morgan fingerprint density at radius 2 is 1.82 bits per heavy atom. The van der Waals surface area contributed by atoms with Gasteiger partial charge in [-0.05, 0) is 56.3 Å². The maximum atomic E-state index is 13.2. The van der Waals surface area contributed by atoms with Crippen LogP contribution in [0.15, 0.2) is 63.8 Å². The van der Waals surface area contributed by atoms with Crippen molar-refractivity contribution in [3.8, 4) is 5.75 Å². The fourth-order valence-corrected chi connectivity index (χ4v) is 4.34. The summed E-state index contributed by atoms with van der Waals surface area (Å²) in [6, 6.07) is 16.4. The summed E-state index contributed by atoms with van der Waals surface area (Å²) in [5, 5.41) is 1.28. The Labute approximate surface area is 165 Å². The number of fused-ring (bicyclic) bond motifs is 3. The zero-order valence-corrected chi connectivity index (χ0v) is 16.4. The number of benzene rings is 2. The van der Waals surface area contributed by atoms with Crippen LogP contribution < -0.4 is 15.3 Å². The number of carbonyl (C=O) groups is 1. The number of rotatable bonds is 5. The number of ether oxygens (including phenoxy) is 1. The first kappa shape index (κ1) is 18.3. The minimum atomic E-state index is -0.423. The van der Waals surface area contributed by atoms with E-state index in [9.17, 15) is 9.59 Å². The standard InChI is InChI=1S/C22H19NO4S/c1-3-23(14-9-11-15(12-10-14)26-4-2)21(24)19-13-17-20(28-19)16-7-5-6-8-18(16)27-22(17)25/h5-13H,3-4H2,1-2H3. The van der Waals surface area contributed by atoms with Crippen LogP contribution in [0, 0.1) is 0 Å². The van der Waals surface area contributed by atoms with Gasteiger partial charge < -0.3 is 14.1 Å². The molecule has 142 valence electrons. The summed E-state index contributed by atoms with van der Waals surface area (Å²) < 4.78 is 11.6. The summed E-state index contributed by atoms with van der Waals surface area (Å²) in [5.41, 5.74) is 0.887. The molecule has 0 spiro atoms. The number of hydrogen-bond donors (Lipinski definition) is 0. The van der Waals surface area contributed by atoms with E-state index in [0.717, 1.165) is 21.5 Å². The van der Waals surface area contributed by atoms with Crippen molar-refractivity contribution in [3.63, 3.8) is 0 Å². The molecular formula is C22H19NO4S. The van der Waals surface area contributed by atoms with Crippen LogP contribution in [-0.2, 0) is 0 Å². The SMILES string of the molecule is CCOc1ccc(N(CC)C(=O)c2cc3c(=O)oc4ccccc4c3s2)cc1. The molecule has 0 N–H and O–H groups in total. The molecule has 0 saturated carbocycles. The van der Waals surface area contributed by atoms with E-state index in [1.807, 2.05) is 56.3 Å². The van der Waals surface area contributed by atoms with Gasteiger partial charge in [0.1, 0.15) is 11.3 Å². The van der Waals surface area contributed by atoms with Gasteiger partial charge >= 0.3 is 5.63 Å². The van der Waals surface area contributed by atoms with E-state index in [0.29, 0.717) is 29.0 Å². The normalized spacial score (nSPS) is 11.1. The van der Waals surface area contributed by atoms with E-state index in [1.54, 1.807) is 17.0 Å². The summed E-state index contributed by atoms with van der Waals surface area (Å²) in [6.07, 6.45) is 0. The molecule has 6 heteroatoms. The molecule has 0 fully saturated rings. The van der Waals surface area contributed by atoms with Crippen LogP contribution in [0.2, 0.25) is 0 Å². The molecule has 0 bridgehead atoms. The molecule has 5 nitrogen and oxygen atoms in total. The highest BCUT2D eigenvalue weighted by atomic mass is 32.1. The quantitative estimate of drug-likeness (QED) is 0.444. The fourth-order valence-electron chi connectivity index (χ4n) is 3.21. The molecule has 0 atom stereocenters. The molecule has 0 saturated heterocycles. The van der Waals surface area contributed by atoms with Crippen LogP contribution in [0.4, 0.5) is 5.69 Å². The van der Waals surface area contributed by atoms with E-state index in [-0.39, 0.29) is 5.91 Å². The minimum absolute atomic E-state index is 0.142. The molecule has 0 radical (unpaired) electrons. The Balaban J connectivity index is 1.75. The van der Waals surface area contributed by atoms with Crippen molar-refractivity contribution < 1.29 is 13.9 Å². The zero-order valence-electron chi connectivity index (χ0n) is 15.6. The Kier molecular flexibility index (Phi) is 4.88. The molecule has 2 aromatic carbocycles. The van der Waals surface area contributed by atoms with Crippen molar-refractivity contribution in [1.29, 1.82) is 0 Å². The molecule has 0 unspecified atom stereocenters. The summed E-state index contributed by atoms with van der Waals surface area (Å²) in [5.74, 6) is 0.622. The van der Waals surface area contributed by atoms with Crippen molar-refractivity contribution in [2.75, 3.05) is 18.1 Å². The van der Waals surface area contributed by atoms with Gasteiger partial charge in [0.2, 0.25) is 0 Å². The zero-order chi connectivity index (χ0) is 19.7. The average molecular weight is 393 g/mol. The highest BCUT2D eigenvalue weighted by Crippen LogP contribution is 2.32. The lowest BCUT2D eigenvalue weighted by atomic mass is 10.2. The first-order valence-corrected chi connectivity index (χ1v) is 9.94. The maximum Gasteiger partial charge on any atom is 0.345 e. The lowest BCUT2D eigenvalue weighted by Crippen LogP contribution is -2.29. The number of anilines is 1. The van der Waals surface area contributed by atoms with Crippen LogP contribution in [0.5, 0.6) is 5.75 Å². The summed E-state index contributed by atoms with van der Waals surface area (Å²) in [7, 11) is 0. The van der Waals surface area contributed by atoms with Gasteiger partial charge in [0, 0.05) is 17.6 Å². The Hall–Kier alpha value is -3.12. The van der Waals surface area contributed by atoms with Crippen LogP contribution in [-0.4, -0.2) is 19.1 Å². The molecule has 2 aromatic heterocycles. The van der Waals surface area contributed by atoms with E-state index in [4.69, 9.17) is 9.15 Å². The first-order chi connectivity index (χ1) is 13.6.